The van der Waals surface area contributed by atoms with Crippen LogP contribution < -0.4 is 10.6 Å². The van der Waals surface area contributed by atoms with Crippen molar-refractivity contribution in [2.24, 2.45) is 0 Å². The summed E-state index contributed by atoms with van der Waals surface area (Å²) in [5, 5.41) is 5.97. The van der Waals surface area contributed by atoms with Gasteiger partial charge in [-0.15, -0.1) is 0 Å². The molecule has 0 saturated carbocycles. The Morgan fingerprint density at radius 1 is 1.20 bits per heavy atom. The number of ether oxygens (including phenoxy) is 2. The third-order valence-electron chi connectivity index (χ3n) is 3.02. The summed E-state index contributed by atoms with van der Waals surface area (Å²) < 4.78 is 10.2. The molecule has 0 unspecified atom stereocenters. The fourth-order valence-corrected chi connectivity index (χ4v) is 1.57. The minimum absolute atomic E-state index is 0.127. The predicted octanol–water partition coefficient (Wildman–Crippen LogP) is 3.48. The highest BCUT2D eigenvalue weighted by Crippen LogP contribution is 2.16. The molecule has 0 fully saturated rings. The van der Waals surface area contributed by atoms with Gasteiger partial charge >= 0.3 is 6.09 Å². The summed E-state index contributed by atoms with van der Waals surface area (Å²) in [6.45, 7) is 7.07. The van der Waals surface area contributed by atoms with Crippen LogP contribution in [0.5, 0.6) is 0 Å². The minimum Gasteiger partial charge on any atom is -0.450 e. The Balaban J connectivity index is 2.41. The number of methoxy groups -OCH3 is 1. The van der Waals surface area contributed by atoms with Gasteiger partial charge in [-0.3, -0.25) is 5.32 Å². The maximum Gasteiger partial charge on any atom is 0.411 e. The van der Waals surface area contributed by atoms with Crippen molar-refractivity contribution < 1.29 is 14.3 Å². The third-order valence-corrected chi connectivity index (χ3v) is 3.02. The third kappa shape index (κ3) is 5.93. The molecule has 0 aliphatic heterocycles. The molecule has 112 valence electrons. The summed E-state index contributed by atoms with van der Waals surface area (Å²) in [6.07, 6.45) is 0.474. The molecule has 5 nitrogen and oxygen atoms in total. The molecule has 0 aliphatic rings. The van der Waals surface area contributed by atoms with Gasteiger partial charge in [-0.1, -0.05) is 0 Å². The van der Waals surface area contributed by atoms with Crippen molar-refractivity contribution in [3.05, 3.63) is 24.3 Å². The van der Waals surface area contributed by atoms with E-state index >= 15 is 0 Å². The Morgan fingerprint density at radius 3 is 2.35 bits per heavy atom. The van der Waals surface area contributed by atoms with Crippen LogP contribution in [-0.4, -0.2) is 32.0 Å². The number of rotatable bonds is 7. The first-order valence-electron chi connectivity index (χ1n) is 6.79. The number of amides is 1. The van der Waals surface area contributed by atoms with E-state index in [-0.39, 0.29) is 5.60 Å². The van der Waals surface area contributed by atoms with E-state index < -0.39 is 6.09 Å². The van der Waals surface area contributed by atoms with Crippen LogP contribution in [0.4, 0.5) is 16.2 Å². The average Bonchev–Trinajstić information content (AvgIpc) is 2.41. The smallest absolute Gasteiger partial charge is 0.411 e. The van der Waals surface area contributed by atoms with E-state index in [2.05, 4.69) is 24.5 Å². The lowest BCUT2D eigenvalue weighted by molar-refractivity contribution is 0.0185. The van der Waals surface area contributed by atoms with Crippen molar-refractivity contribution in [1.29, 1.82) is 0 Å². The van der Waals surface area contributed by atoms with Crippen LogP contribution >= 0.6 is 0 Å². The largest absolute Gasteiger partial charge is 0.450 e. The highest BCUT2D eigenvalue weighted by Gasteiger charge is 2.15. The summed E-state index contributed by atoms with van der Waals surface area (Å²) in [4.78, 5) is 11.2. The van der Waals surface area contributed by atoms with Gasteiger partial charge in [0, 0.05) is 25.0 Å². The van der Waals surface area contributed by atoms with Crippen molar-refractivity contribution in [3.63, 3.8) is 0 Å². The minimum atomic E-state index is -0.435. The molecule has 0 heterocycles. The van der Waals surface area contributed by atoms with E-state index in [1.165, 1.54) is 0 Å². The maximum absolute atomic E-state index is 11.2. The lowest BCUT2D eigenvalue weighted by Crippen LogP contribution is -2.25. The van der Waals surface area contributed by atoms with Gasteiger partial charge in [-0.05, 0) is 51.5 Å². The zero-order valence-electron chi connectivity index (χ0n) is 12.7. The monoisotopic (exact) mass is 280 g/mol. The molecule has 5 heteroatoms. The number of nitrogens with one attached hydrogen (secondary N) is 2. The molecule has 0 saturated heterocycles. The van der Waals surface area contributed by atoms with Crippen molar-refractivity contribution in [2.45, 2.75) is 32.8 Å². The van der Waals surface area contributed by atoms with Crippen LogP contribution in [-0.2, 0) is 9.47 Å². The standard InChI is InChI=1S/C15H24N2O3/c1-5-20-14(18)17-13-8-6-12(7-9-13)16-11-10-15(2,3)19-4/h6-9,16H,5,10-11H2,1-4H3,(H,17,18). The van der Waals surface area contributed by atoms with Crippen LogP contribution in [0.15, 0.2) is 24.3 Å². The van der Waals surface area contributed by atoms with E-state index in [0.29, 0.717) is 12.3 Å². The fraction of sp³-hybridized carbons (Fsp3) is 0.533. The van der Waals surface area contributed by atoms with E-state index in [4.69, 9.17) is 9.47 Å². The zero-order chi connectivity index (χ0) is 15.0. The van der Waals surface area contributed by atoms with Gasteiger partial charge in [-0.25, -0.2) is 4.79 Å². The molecule has 0 radical (unpaired) electrons. The first-order chi connectivity index (χ1) is 9.46. The van der Waals surface area contributed by atoms with Crippen LogP contribution in [0.1, 0.15) is 27.2 Å². The highest BCUT2D eigenvalue weighted by molar-refractivity contribution is 5.84. The normalized spacial score (nSPS) is 11.0. The number of hydrogen-bond acceptors (Lipinski definition) is 4. The van der Waals surface area contributed by atoms with Gasteiger partial charge < -0.3 is 14.8 Å². The molecule has 0 spiro atoms. The molecule has 1 rings (SSSR count). The molecule has 1 aromatic rings. The maximum atomic E-state index is 11.2. The van der Waals surface area contributed by atoms with Crippen LogP contribution in [0, 0.1) is 0 Å². The molecular formula is C15H24N2O3. The summed E-state index contributed by atoms with van der Waals surface area (Å²) in [5.41, 5.74) is 1.59. The van der Waals surface area contributed by atoms with Gasteiger partial charge in [-0.2, -0.15) is 0 Å². The average molecular weight is 280 g/mol. The van der Waals surface area contributed by atoms with Crippen molar-refractivity contribution in [3.8, 4) is 0 Å². The van der Waals surface area contributed by atoms with Crippen LogP contribution in [0.3, 0.4) is 0 Å². The summed E-state index contributed by atoms with van der Waals surface area (Å²) in [5.74, 6) is 0. The lowest BCUT2D eigenvalue weighted by Gasteiger charge is -2.23. The second-order valence-corrected chi connectivity index (χ2v) is 5.06. The van der Waals surface area contributed by atoms with E-state index in [1.54, 1.807) is 14.0 Å². The van der Waals surface area contributed by atoms with E-state index in [1.807, 2.05) is 24.3 Å². The number of benzene rings is 1. The molecule has 1 aromatic carbocycles. The molecule has 0 aromatic heterocycles. The molecule has 0 bridgehead atoms. The van der Waals surface area contributed by atoms with Gasteiger partial charge in [0.2, 0.25) is 0 Å². The molecular weight excluding hydrogens is 256 g/mol. The Kier molecular flexibility index (Phi) is 6.31. The Morgan fingerprint density at radius 2 is 1.80 bits per heavy atom. The summed E-state index contributed by atoms with van der Waals surface area (Å²) >= 11 is 0. The second-order valence-electron chi connectivity index (χ2n) is 5.06. The number of anilines is 2. The highest BCUT2D eigenvalue weighted by atomic mass is 16.5. The zero-order valence-corrected chi connectivity index (χ0v) is 12.7. The Hall–Kier alpha value is -1.75. The fourth-order valence-electron chi connectivity index (χ4n) is 1.57. The molecule has 1 amide bonds. The molecule has 2 N–H and O–H groups in total. The number of hydrogen-bond donors (Lipinski definition) is 2. The summed E-state index contributed by atoms with van der Waals surface area (Å²) in [6, 6.07) is 7.50. The van der Waals surface area contributed by atoms with Gasteiger partial charge in [0.1, 0.15) is 0 Å². The first-order valence-corrected chi connectivity index (χ1v) is 6.79. The van der Waals surface area contributed by atoms with E-state index in [0.717, 1.165) is 18.7 Å². The number of carbonyl (C=O) groups is 1. The molecule has 0 atom stereocenters. The summed E-state index contributed by atoms with van der Waals surface area (Å²) in [7, 11) is 1.72. The van der Waals surface area contributed by atoms with Crippen molar-refractivity contribution >= 4 is 17.5 Å². The van der Waals surface area contributed by atoms with Gasteiger partial charge in [0.25, 0.3) is 0 Å². The molecule has 20 heavy (non-hydrogen) atoms. The molecule has 0 aliphatic carbocycles. The van der Waals surface area contributed by atoms with Crippen molar-refractivity contribution in [1.82, 2.24) is 0 Å². The van der Waals surface area contributed by atoms with Gasteiger partial charge in [0.15, 0.2) is 0 Å². The Labute approximate surface area is 120 Å². The second kappa shape index (κ2) is 7.75. The predicted molar refractivity (Wildman–Crippen MR) is 81.3 cm³/mol. The SMILES string of the molecule is CCOC(=O)Nc1ccc(NCCC(C)(C)OC)cc1. The van der Waals surface area contributed by atoms with Gasteiger partial charge in [0.05, 0.1) is 12.2 Å². The number of carbonyl (C=O) groups excluding carboxylic acids is 1. The first kappa shape index (κ1) is 16.3. The lowest BCUT2D eigenvalue weighted by atomic mass is 10.1. The van der Waals surface area contributed by atoms with Crippen LogP contribution in [0.2, 0.25) is 0 Å². The topological polar surface area (TPSA) is 59.6 Å². The quantitative estimate of drug-likeness (QED) is 0.802. The van der Waals surface area contributed by atoms with Crippen LogP contribution in [0.25, 0.3) is 0 Å². The van der Waals surface area contributed by atoms with E-state index in [9.17, 15) is 4.79 Å². The van der Waals surface area contributed by atoms with Crippen molar-refractivity contribution in [2.75, 3.05) is 30.9 Å². The Bertz CT molecular complexity index is 416.